The fraction of sp³-hybridized carbons (Fsp3) is 0.875. The molecular formula is C8H16O4. The van der Waals surface area contributed by atoms with E-state index in [1.165, 1.54) is 7.11 Å². The van der Waals surface area contributed by atoms with Crippen LogP contribution in [0.5, 0.6) is 0 Å². The zero-order valence-corrected chi connectivity index (χ0v) is 7.74. The summed E-state index contributed by atoms with van der Waals surface area (Å²) in [5.74, 6) is -0.414. The molecule has 0 aromatic carbocycles. The van der Waals surface area contributed by atoms with Crippen LogP contribution < -0.4 is 0 Å². The number of ether oxygens (including phenoxy) is 2. The Labute approximate surface area is 72.5 Å². The van der Waals surface area contributed by atoms with Crippen LogP contribution in [0.15, 0.2) is 0 Å². The van der Waals surface area contributed by atoms with Gasteiger partial charge in [0.1, 0.15) is 6.61 Å². The van der Waals surface area contributed by atoms with E-state index in [4.69, 9.17) is 9.84 Å². The Hall–Kier alpha value is -0.610. The molecule has 0 saturated carbocycles. The van der Waals surface area contributed by atoms with Gasteiger partial charge in [0.2, 0.25) is 0 Å². The Bertz CT molecular complexity index is 135. The van der Waals surface area contributed by atoms with Crippen LogP contribution >= 0.6 is 0 Å². The molecule has 4 nitrogen and oxygen atoms in total. The van der Waals surface area contributed by atoms with E-state index in [0.29, 0.717) is 0 Å². The van der Waals surface area contributed by atoms with E-state index in [9.17, 15) is 4.79 Å². The molecular weight excluding hydrogens is 160 g/mol. The summed E-state index contributed by atoms with van der Waals surface area (Å²) < 4.78 is 9.23. The van der Waals surface area contributed by atoms with Crippen molar-refractivity contribution in [3.05, 3.63) is 0 Å². The third kappa shape index (κ3) is 4.31. The first-order valence-corrected chi connectivity index (χ1v) is 3.99. The van der Waals surface area contributed by atoms with E-state index in [1.807, 2.05) is 6.92 Å². The van der Waals surface area contributed by atoms with E-state index >= 15 is 0 Å². The standard InChI is InChI=1S/C8H16O4/c1-4-6(2)8(10)12-5-7(9)11-3/h6-7,9H,4-5H2,1-3H3. The van der Waals surface area contributed by atoms with E-state index in [0.717, 1.165) is 6.42 Å². The molecule has 0 rings (SSSR count). The van der Waals surface area contributed by atoms with Gasteiger partial charge in [-0.15, -0.1) is 0 Å². The van der Waals surface area contributed by atoms with Crippen molar-refractivity contribution in [1.29, 1.82) is 0 Å². The molecule has 0 aliphatic rings. The summed E-state index contributed by atoms with van der Waals surface area (Å²) in [5, 5.41) is 8.86. The van der Waals surface area contributed by atoms with Crippen LogP contribution in [0.2, 0.25) is 0 Å². The number of carbonyl (C=O) groups is 1. The minimum atomic E-state index is -1.02. The maximum absolute atomic E-state index is 11.0. The highest BCUT2D eigenvalue weighted by Crippen LogP contribution is 2.03. The second kappa shape index (κ2) is 5.97. The van der Waals surface area contributed by atoms with Crippen molar-refractivity contribution in [2.75, 3.05) is 13.7 Å². The molecule has 0 aliphatic heterocycles. The Balaban J connectivity index is 3.56. The molecule has 2 atom stereocenters. The third-order valence-electron chi connectivity index (χ3n) is 1.65. The first kappa shape index (κ1) is 11.4. The van der Waals surface area contributed by atoms with Gasteiger partial charge in [0.15, 0.2) is 6.29 Å². The highest BCUT2D eigenvalue weighted by atomic mass is 16.6. The molecule has 0 amide bonds. The average molecular weight is 176 g/mol. The number of methoxy groups -OCH3 is 1. The van der Waals surface area contributed by atoms with Gasteiger partial charge in [0.05, 0.1) is 5.92 Å². The smallest absolute Gasteiger partial charge is 0.308 e. The van der Waals surface area contributed by atoms with Gasteiger partial charge in [0, 0.05) is 7.11 Å². The number of esters is 1. The van der Waals surface area contributed by atoms with Crippen LogP contribution in [0.3, 0.4) is 0 Å². The van der Waals surface area contributed by atoms with Crippen molar-refractivity contribution in [3.8, 4) is 0 Å². The van der Waals surface area contributed by atoms with Crippen LogP contribution in [0.25, 0.3) is 0 Å². The Kier molecular flexibility index (Phi) is 5.66. The zero-order chi connectivity index (χ0) is 9.56. The summed E-state index contributed by atoms with van der Waals surface area (Å²) in [4.78, 5) is 11.0. The van der Waals surface area contributed by atoms with Gasteiger partial charge in [-0.25, -0.2) is 0 Å². The van der Waals surface area contributed by atoms with E-state index in [1.54, 1.807) is 6.92 Å². The number of aliphatic hydroxyl groups is 1. The summed E-state index contributed by atoms with van der Waals surface area (Å²) in [6, 6.07) is 0. The fourth-order valence-corrected chi connectivity index (χ4v) is 0.530. The van der Waals surface area contributed by atoms with Gasteiger partial charge in [-0.1, -0.05) is 13.8 Å². The van der Waals surface area contributed by atoms with Crippen molar-refractivity contribution in [2.45, 2.75) is 26.6 Å². The predicted octanol–water partition coefficient (Wildman–Crippen LogP) is 0.540. The molecule has 72 valence electrons. The van der Waals surface area contributed by atoms with Crippen LogP contribution in [0, 0.1) is 5.92 Å². The molecule has 0 radical (unpaired) electrons. The third-order valence-corrected chi connectivity index (χ3v) is 1.65. The highest BCUT2D eigenvalue weighted by Gasteiger charge is 2.13. The maximum Gasteiger partial charge on any atom is 0.308 e. The van der Waals surface area contributed by atoms with Crippen molar-refractivity contribution in [2.24, 2.45) is 5.92 Å². The molecule has 4 heteroatoms. The van der Waals surface area contributed by atoms with Crippen LogP contribution in [-0.2, 0) is 14.3 Å². The SMILES string of the molecule is CCC(C)C(=O)OCC(O)OC. The minimum Gasteiger partial charge on any atom is -0.460 e. The quantitative estimate of drug-likeness (QED) is 0.490. The van der Waals surface area contributed by atoms with Gasteiger partial charge in [-0.05, 0) is 6.42 Å². The van der Waals surface area contributed by atoms with Crippen LogP contribution in [0.4, 0.5) is 0 Å². The lowest BCUT2D eigenvalue weighted by atomic mass is 10.1. The summed E-state index contributed by atoms with van der Waals surface area (Å²) in [7, 11) is 1.35. The van der Waals surface area contributed by atoms with Crippen LogP contribution in [0.1, 0.15) is 20.3 Å². The van der Waals surface area contributed by atoms with Gasteiger partial charge in [-0.3, -0.25) is 4.79 Å². The lowest BCUT2D eigenvalue weighted by Gasteiger charge is -2.11. The topological polar surface area (TPSA) is 55.8 Å². The molecule has 0 bridgehead atoms. The molecule has 12 heavy (non-hydrogen) atoms. The molecule has 0 aromatic rings. The molecule has 0 spiro atoms. The second-order valence-corrected chi connectivity index (χ2v) is 2.63. The van der Waals surface area contributed by atoms with E-state index in [-0.39, 0.29) is 18.5 Å². The van der Waals surface area contributed by atoms with Crippen molar-refractivity contribution in [1.82, 2.24) is 0 Å². The molecule has 2 unspecified atom stereocenters. The molecule has 0 saturated heterocycles. The largest absolute Gasteiger partial charge is 0.460 e. The van der Waals surface area contributed by atoms with E-state index in [2.05, 4.69) is 4.74 Å². The van der Waals surface area contributed by atoms with Gasteiger partial charge in [-0.2, -0.15) is 0 Å². The predicted molar refractivity (Wildman–Crippen MR) is 43.4 cm³/mol. The van der Waals surface area contributed by atoms with Crippen LogP contribution in [-0.4, -0.2) is 31.1 Å². The lowest BCUT2D eigenvalue weighted by molar-refractivity contribution is -0.164. The minimum absolute atomic E-state index is 0.0975. The number of rotatable bonds is 5. The fourth-order valence-electron chi connectivity index (χ4n) is 0.530. The van der Waals surface area contributed by atoms with E-state index < -0.39 is 6.29 Å². The molecule has 1 N–H and O–H groups in total. The van der Waals surface area contributed by atoms with Gasteiger partial charge < -0.3 is 14.6 Å². The monoisotopic (exact) mass is 176 g/mol. The summed E-state index contributed by atoms with van der Waals surface area (Å²) in [6.45, 7) is 3.58. The summed E-state index contributed by atoms with van der Waals surface area (Å²) in [6.07, 6.45) is -0.278. The number of aliphatic hydroxyl groups excluding tert-OH is 1. The lowest BCUT2D eigenvalue weighted by Crippen LogP contribution is -2.23. The maximum atomic E-state index is 11.0. The molecule has 0 heterocycles. The first-order chi connectivity index (χ1) is 5.61. The summed E-state index contributed by atoms with van der Waals surface area (Å²) >= 11 is 0. The number of carbonyl (C=O) groups excluding carboxylic acids is 1. The van der Waals surface area contributed by atoms with Gasteiger partial charge in [0.25, 0.3) is 0 Å². The molecule has 0 aliphatic carbocycles. The zero-order valence-electron chi connectivity index (χ0n) is 7.74. The van der Waals surface area contributed by atoms with Crippen molar-refractivity contribution < 1.29 is 19.4 Å². The highest BCUT2D eigenvalue weighted by molar-refractivity contribution is 5.71. The average Bonchev–Trinajstić information content (AvgIpc) is 2.11. The van der Waals surface area contributed by atoms with Gasteiger partial charge >= 0.3 is 5.97 Å². The second-order valence-electron chi connectivity index (χ2n) is 2.63. The first-order valence-electron chi connectivity index (χ1n) is 3.99. The molecule has 0 fully saturated rings. The Morgan fingerprint density at radius 3 is 2.58 bits per heavy atom. The Morgan fingerprint density at radius 2 is 2.17 bits per heavy atom. The number of hydrogen-bond donors (Lipinski definition) is 1. The number of hydrogen-bond acceptors (Lipinski definition) is 4. The molecule has 0 aromatic heterocycles. The van der Waals surface area contributed by atoms with Crippen molar-refractivity contribution >= 4 is 5.97 Å². The Morgan fingerprint density at radius 1 is 1.58 bits per heavy atom. The summed E-state index contributed by atoms with van der Waals surface area (Å²) in [5.41, 5.74) is 0. The van der Waals surface area contributed by atoms with Crippen molar-refractivity contribution in [3.63, 3.8) is 0 Å². The normalized spacial score (nSPS) is 15.3.